The van der Waals surface area contributed by atoms with Gasteiger partial charge in [-0.25, -0.2) is 0 Å². The molecule has 0 radical (unpaired) electrons. The average molecular weight is 465 g/mol. The molecule has 34 heavy (non-hydrogen) atoms. The van der Waals surface area contributed by atoms with Gasteiger partial charge in [0.2, 0.25) is 11.8 Å². The van der Waals surface area contributed by atoms with Crippen molar-refractivity contribution >= 4 is 23.4 Å². The van der Waals surface area contributed by atoms with Crippen LogP contribution in [-0.4, -0.2) is 48.8 Å². The number of amides is 3. The highest BCUT2D eigenvalue weighted by atomic mass is 16.2. The van der Waals surface area contributed by atoms with E-state index in [2.05, 4.69) is 20.9 Å². The molecular formula is C27H36N4O3. The number of rotatable bonds is 9. The Bertz CT molecular complexity index is 988. The number of benzene rings is 2. The van der Waals surface area contributed by atoms with Gasteiger partial charge in [-0.05, 0) is 49.9 Å². The summed E-state index contributed by atoms with van der Waals surface area (Å²) in [5.41, 5.74) is 3.13. The quantitative estimate of drug-likeness (QED) is 0.531. The number of hydrogen-bond acceptors (Lipinski definition) is 4. The fourth-order valence-corrected chi connectivity index (χ4v) is 4.08. The first-order chi connectivity index (χ1) is 16.3. The highest BCUT2D eigenvalue weighted by molar-refractivity contribution is 6.04. The highest BCUT2D eigenvalue weighted by Crippen LogP contribution is 2.18. The molecule has 0 saturated carbocycles. The fourth-order valence-electron chi connectivity index (χ4n) is 4.08. The maximum absolute atomic E-state index is 12.8. The van der Waals surface area contributed by atoms with Gasteiger partial charge in [0.25, 0.3) is 5.91 Å². The van der Waals surface area contributed by atoms with Crippen molar-refractivity contribution in [2.45, 2.75) is 40.2 Å². The van der Waals surface area contributed by atoms with Crippen LogP contribution in [0.1, 0.15) is 48.2 Å². The van der Waals surface area contributed by atoms with E-state index in [1.165, 1.54) is 5.56 Å². The Morgan fingerprint density at radius 2 is 1.76 bits per heavy atom. The van der Waals surface area contributed by atoms with Crippen molar-refractivity contribution < 1.29 is 14.4 Å². The van der Waals surface area contributed by atoms with Crippen LogP contribution in [0, 0.1) is 18.8 Å². The lowest BCUT2D eigenvalue weighted by Gasteiger charge is -2.32. The molecule has 182 valence electrons. The Morgan fingerprint density at radius 3 is 2.50 bits per heavy atom. The van der Waals surface area contributed by atoms with Gasteiger partial charge in [-0.3, -0.25) is 19.3 Å². The Kier molecular flexibility index (Phi) is 9.22. The van der Waals surface area contributed by atoms with E-state index in [1.54, 1.807) is 24.3 Å². The fraction of sp³-hybridized carbons (Fsp3) is 0.444. The molecule has 0 bridgehead atoms. The van der Waals surface area contributed by atoms with Crippen LogP contribution in [0.25, 0.3) is 0 Å². The number of aryl methyl sites for hydroxylation is 1. The van der Waals surface area contributed by atoms with Crippen LogP contribution in [0.15, 0.2) is 48.5 Å². The van der Waals surface area contributed by atoms with E-state index in [9.17, 15) is 14.4 Å². The van der Waals surface area contributed by atoms with Gasteiger partial charge < -0.3 is 16.0 Å². The zero-order chi connectivity index (χ0) is 24.5. The summed E-state index contributed by atoms with van der Waals surface area (Å²) in [5, 5.41) is 8.85. The number of anilines is 1. The zero-order valence-corrected chi connectivity index (χ0v) is 20.4. The lowest BCUT2D eigenvalue weighted by molar-refractivity contribution is -0.124. The van der Waals surface area contributed by atoms with Crippen LogP contribution in [0.2, 0.25) is 0 Å². The van der Waals surface area contributed by atoms with E-state index in [1.807, 2.05) is 45.0 Å². The second-order valence-corrected chi connectivity index (χ2v) is 9.41. The SMILES string of the molecule is Cc1ccc(CNC(=O)c2ccccc2NC(=O)CN2CCCC(CNC(=O)C(C)C)C2)cc1. The number of piperidine rings is 1. The Balaban J connectivity index is 1.52. The molecule has 0 aromatic heterocycles. The molecular weight excluding hydrogens is 428 g/mol. The molecule has 1 unspecified atom stereocenters. The van der Waals surface area contributed by atoms with Gasteiger partial charge in [-0.2, -0.15) is 0 Å². The molecule has 1 aliphatic heterocycles. The summed E-state index contributed by atoms with van der Waals surface area (Å²) in [6, 6.07) is 15.1. The summed E-state index contributed by atoms with van der Waals surface area (Å²) in [7, 11) is 0. The molecule has 3 N–H and O–H groups in total. The molecule has 1 fully saturated rings. The summed E-state index contributed by atoms with van der Waals surface area (Å²) < 4.78 is 0. The van der Waals surface area contributed by atoms with E-state index >= 15 is 0 Å². The molecule has 2 aromatic carbocycles. The number of nitrogens with zero attached hydrogens (tertiary/aromatic N) is 1. The minimum absolute atomic E-state index is 0.0281. The third kappa shape index (κ3) is 7.70. The monoisotopic (exact) mass is 464 g/mol. The highest BCUT2D eigenvalue weighted by Gasteiger charge is 2.23. The van der Waals surface area contributed by atoms with Crippen LogP contribution in [0.4, 0.5) is 5.69 Å². The maximum atomic E-state index is 12.8. The topological polar surface area (TPSA) is 90.5 Å². The second kappa shape index (κ2) is 12.3. The molecule has 3 amide bonds. The van der Waals surface area contributed by atoms with E-state index in [-0.39, 0.29) is 30.2 Å². The first-order valence-corrected chi connectivity index (χ1v) is 12.0. The molecule has 2 aromatic rings. The molecule has 7 nitrogen and oxygen atoms in total. The molecule has 7 heteroatoms. The Labute approximate surface area is 202 Å². The van der Waals surface area contributed by atoms with Gasteiger partial charge in [-0.1, -0.05) is 55.8 Å². The number of para-hydroxylation sites is 1. The first kappa shape index (κ1) is 25.4. The number of carbonyl (C=O) groups excluding carboxylic acids is 3. The van der Waals surface area contributed by atoms with Crippen molar-refractivity contribution in [3.63, 3.8) is 0 Å². The zero-order valence-electron chi connectivity index (χ0n) is 20.4. The van der Waals surface area contributed by atoms with E-state index in [0.29, 0.717) is 30.3 Å². The summed E-state index contributed by atoms with van der Waals surface area (Å²) in [6.45, 7) is 8.72. The van der Waals surface area contributed by atoms with Crippen molar-refractivity contribution in [2.75, 3.05) is 31.5 Å². The van der Waals surface area contributed by atoms with Crippen molar-refractivity contribution in [3.05, 3.63) is 65.2 Å². The minimum Gasteiger partial charge on any atom is -0.356 e. The lowest BCUT2D eigenvalue weighted by atomic mass is 9.97. The number of likely N-dealkylation sites (tertiary alicyclic amines) is 1. The predicted octanol–water partition coefficient (Wildman–Crippen LogP) is 3.35. The van der Waals surface area contributed by atoms with Gasteiger partial charge in [0, 0.05) is 25.6 Å². The number of nitrogens with one attached hydrogen (secondary N) is 3. The van der Waals surface area contributed by atoms with Crippen LogP contribution in [0.3, 0.4) is 0 Å². The second-order valence-electron chi connectivity index (χ2n) is 9.41. The summed E-state index contributed by atoms with van der Waals surface area (Å²) in [4.78, 5) is 39.5. The molecule has 1 atom stereocenters. The molecule has 0 spiro atoms. The molecule has 0 aliphatic carbocycles. The standard InChI is InChI=1S/C27H36N4O3/c1-19(2)26(33)28-16-22-7-6-14-31(17-22)18-25(32)30-24-9-5-4-8-23(24)27(34)29-15-21-12-10-20(3)11-13-21/h4-5,8-13,19,22H,6-7,14-18H2,1-3H3,(H,28,33)(H,29,34)(H,30,32). The van der Waals surface area contributed by atoms with Gasteiger partial charge in [-0.15, -0.1) is 0 Å². The largest absolute Gasteiger partial charge is 0.356 e. The van der Waals surface area contributed by atoms with Crippen molar-refractivity contribution in [3.8, 4) is 0 Å². The van der Waals surface area contributed by atoms with E-state index in [0.717, 1.165) is 31.5 Å². The summed E-state index contributed by atoms with van der Waals surface area (Å²) in [6.07, 6.45) is 2.04. The lowest BCUT2D eigenvalue weighted by Crippen LogP contribution is -2.44. The van der Waals surface area contributed by atoms with Crippen LogP contribution in [-0.2, 0) is 16.1 Å². The third-order valence-electron chi connectivity index (χ3n) is 6.08. The first-order valence-electron chi connectivity index (χ1n) is 12.0. The Morgan fingerprint density at radius 1 is 1.03 bits per heavy atom. The summed E-state index contributed by atoms with van der Waals surface area (Å²) in [5.74, 6) is -0.00287. The van der Waals surface area contributed by atoms with Crippen LogP contribution < -0.4 is 16.0 Å². The normalized spacial score (nSPS) is 16.2. The molecule has 1 heterocycles. The van der Waals surface area contributed by atoms with Gasteiger partial charge in [0.1, 0.15) is 0 Å². The third-order valence-corrected chi connectivity index (χ3v) is 6.08. The van der Waals surface area contributed by atoms with Crippen molar-refractivity contribution in [2.24, 2.45) is 11.8 Å². The van der Waals surface area contributed by atoms with E-state index in [4.69, 9.17) is 0 Å². The van der Waals surface area contributed by atoms with Crippen LogP contribution >= 0.6 is 0 Å². The number of hydrogen-bond donors (Lipinski definition) is 3. The van der Waals surface area contributed by atoms with Crippen LogP contribution in [0.5, 0.6) is 0 Å². The van der Waals surface area contributed by atoms with Gasteiger partial charge in [0.05, 0.1) is 17.8 Å². The van der Waals surface area contributed by atoms with Gasteiger partial charge >= 0.3 is 0 Å². The minimum atomic E-state index is -0.226. The molecule has 1 aliphatic rings. The van der Waals surface area contributed by atoms with Crippen molar-refractivity contribution in [1.29, 1.82) is 0 Å². The molecule has 3 rings (SSSR count). The predicted molar refractivity (Wildman–Crippen MR) is 134 cm³/mol. The molecule has 1 saturated heterocycles. The number of carbonyl (C=O) groups is 3. The Hall–Kier alpha value is -3.19. The van der Waals surface area contributed by atoms with E-state index < -0.39 is 0 Å². The van der Waals surface area contributed by atoms with Gasteiger partial charge in [0.15, 0.2) is 0 Å². The summed E-state index contributed by atoms with van der Waals surface area (Å²) >= 11 is 0. The average Bonchev–Trinajstić information content (AvgIpc) is 2.82. The smallest absolute Gasteiger partial charge is 0.253 e. The maximum Gasteiger partial charge on any atom is 0.253 e. The van der Waals surface area contributed by atoms with Crippen molar-refractivity contribution in [1.82, 2.24) is 15.5 Å².